The maximum absolute atomic E-state index is 12.4. The molecule has 0 aliphatic rings. The van der Waals surface area contributed by atoms with Gasteiger partial charge in [0.05, 0.1) is 19.0 Å². The summed E-state index contributed by atoms with van der Waals surface area (Å²) in [5.74, 6) is 0.774. The summed E-state index contributed by atoms with van der Waals surface area (Å²) >= 11 is 0. The Bertz CT molecular complexity index is 747. The number of aromatic nitrogens is 3. The van der Waals surface area contributed by atoms with Crippen LogP contribution in [0.25, 0.3) is 11.3 Å². The highest BCUT2D eigenvalue weighted by molar-refractivity contribution is 5.80. The number of ketones is 1. The highest BCUT2D eigenvalue weighted by atomic mass is 16.5. The van der Waals surface area contributed by atoms with Crippen molar-refractivity contribution in [3.8, 4) is 17.0 Å². The normalized spacial score (nSPS) is 10.9. The highest BCUT2D eigenvalue weighted by Gasteiger charge is 2.18. The fraction of sp³-hybridized carbons (Fsp3) is 0.474. The van der Waals surface area contributed by atoms with E-state index in [-0.39, 0.29) is 18.2 Å². The molecule has 6 nitrogen and oxygen atoms in total. The summed E-state index contributed by atoms with van der Waals surface area (Å²) in [5.41, 5.74) is 0.752. The van der Waals surface area contributed by atoms with E-state index in [1.54, 1.807) is 19.2 Å². The van der Waals surface area contributed by atoms with Gasteiger partial charge in [-0.1, -0.05) is 26.7 Å². The fourth-order valence-corrected chi connectivity index (χ4v) is 2.81. The first-order chi connectivity index (χ1) is 12.1. The fourth-order valence-electron chi connectivity index (χ4n) is 2.81. The minimum absolute atomic E-state index is 0.00929. The number of nitrogens with zero attached hydrogens (tertiary/aromatic N) is 3. The van der Waals surface area contributed by atoms with Crippen LogP contribution in [0.2, 0.25) is 0 Å². The smallest absolute Gasteiger partial charge is 0.364 e. The molecular formula is C19H25N3O3. The Hall–Kier alpha value is -2.50. The number of carbonyl (C=O) groups excluding carboxylic acids is 1. The molecule has 25 heavy (non-hydrogen) atoms. The SMILES string of the molecule is CCCC(CCC)C(=O)Cn1ncc(-c2ccc(OC)cc2)nc1=O. The van der Waals surface area contributed by atoms with Crippen LogP contribution in [0.4, 0.5) is 0 Å². The van der Waals surface area contributed by atoms with E-state index < -0.39 is 5.69 Å². The second kappa shape index (κ2) is 9.11. The average Bonchev–Trinajstić information content (AvgIpc) is 2.63. The Morgan fingerprint density at radius 3 is 2.32 bits per heavy atom. The van der Waals surface area contributed by atoms with Crippen molar-refractivity contribution in [2.75, 3.05) is 7.11 Å². The van der Waals surface area contributed by atoms with Gasteiger partial charge in [-0.3, -0.25) is 4.79 Å². The third kappa shape index (κ3) is 4.98. The van der Waals surface area contributed by atoms with Crippen LogP contribution in [0.5, 0.6) is 5.75 Å². The lowest BCUT2D eigenvalue weighted by Gasteiger charge is -2.14. The lowest BCUT2D eigenvalue weighted by Crippen LogP contribution is -2.31. The Morgan fingerprint density at radius 1 is 1.16 bits per heavy atom. The van der Waals surface area contributed by atoms with Gasteiger partial charge in [-0.15, -0.1) is 0 Å². The van der Waals surface area contributed by atoms with E-state index in [1.165, 1.54) is 6.20 Å². The van der Waals surface area contributed by atoms with Gasteiger partial charge < -0.3 is 4.74 Å². The van der Waals surface area contributed by atoms with Gasteiger partial charge in [-0.2, -0.15) is 10.1 Å². The van der Waals surface area contributed by atoms with Gasteiger partial charge in [0.1, 0.15) is 12.3 Å². The highest BCUT2D eigenvalue weighted by Crippen LogP contribution is 2.19. The lowest BCUT2D eigenvalue weighted by molar-refractivity contribution is -0.124. The molecule has 1 aromatic carbocycles. The van der Waals surface area contributed by atoms with E-state index in [1.807, 2.05) is 12.1 Å². The van der Waals surface area contributed by atoms with Gasteiger partial charge in [-0.25, -0.2) is 9.48 Å². The molecule has 0 amide bonds. The lowest BCUT2D eigenvalue weighted by atomic mass is 9.94. The van der Waals surface area contributed by atoms with Crippen LogP contribution in [0.1, 0.15) is 39.5 Å². The molecule has 0 fully saturated rings. The van der Waals surface area contributed by atoms with Crippen LogP contribution in [-0.4, -0.2) is 27.7 Å². The van der Waals surface area contributed by atoms with Gasteiger partial charge in [0.25, 0.3) is 0 Å². The average molecular weight is 343 g/mol. The monoisotopic (exact) mass is 343 g/mol. The number of hydrogen-bond acceptors (Lipinski definition) is 5. The molecule has 1 aromatic heterocycles. The second-order valence-electron chi connectivity index (χ2n) is 6.05. The van der Waals surface area contributed by atoms with Crippen molar-refractivity contribution in [3.05, 3.63) is 40.9 Å². The van der Waals surface area contributed by atoms with Gasteiger partial charge in [0.2, 0.25) is 0 Å². The number of Topliss-reactive ketones (excluding diaryl/α,β-unsaturated/α-hetero) is 1. The van der Waals surface area contributed by atoms with Crippen LogP contribution in [-0.2, 0) is 11.3 Å². The van der Waals surface area contributed by atoms with E-state index in [0.717, 1.165) is 41.7 Å². The summed E-state index contributed by atoms with van der Waals surface area (Å²) in [4.78, 5) is 28.7. The summed E-state index contributed by atoms with van der Waals surface area (Å²) in [6.45, 7) is 4.11. The molecule has 0 bridgehead atoms. The largest absolute Gasteiger partial charge is 0.497 e. The van der Waals surface area contributed by atoms with Crippen molar-refractivity contribution in [1.29, 1.82) is 0 Å². The Labute approximate surface area is 147 Å². The van der Waals surface area contributed by atoms with Gasteiger partial charge in [0.15, 0.2) is 5.78 Å². The Balaban J connectivity index is 2.15. The number of ether oxygens (including phenoxy) is 1. The topological polar surface area (TPSA) is 74.1 Å². The molecule has 0 aliphatic heterocycles. The molecule has 0 atom stereocenters. The first kappa shape index (κ1) is 18.8. The number of hydrogen-bond donors (Lipinski definition) is 0. The minimum atomic E-state index is -0.506. The van der Waals surface area contributed by atoms with Crippen molar-refractivity contribution in [2.45, 2.75) is 46.1 Å². The molecule has 0 N–H and O–H groups in total. The molecular weight excluding hydrogens is 318 g/mol. The van der Waals surface area contributed by atoms with Crippen LogP contribution >= 0.6 is 0 Å². The van der Waals surface area contributed by atoms with Crippen molar-refractivity contribution < 1.29 is 9.53 Å². The molecule has 0 saturated heterocycles. The zero-order valence-electron chi connectivity index (χ0n) is 15.1. The van der Waals surface area contributed by atoms with Gasteiger partial charge in [0, 0.05) is 11.5 Å². The molecule has 0 unspecified atom stereocenters. The molecule has 134 valence electrons. The number of carbonyl (C=O) groups is 1. The van der Waals surface area contributed by atoms with E-state index in [0.29, 0.717) is 5.69 Å². The van der Waals surface area contributed by atoms with Crippen molar-refractivity contribution in [2.24, 2.45) is 5.92 Å². The predicted octanol–water partition coefficient (Wildman–Crippen LogP) is 3.10. The van der Waals surface area contributed by atoms with Crippen LogP contribution in [0.3, 0.4) is 0 Å². The molecule has 0 spiro atoms. The summed E-state index contributed by atoms with van der Waals surface area (Å²) < 4.78 is 6.26. The zero-order chi connectivity index (χ0) is 18.2. The number of rotatable bonds is 9. The maximum atomic E-state index is 12.4. The molecule has 0 saturated carbocycles. The molecule has 2 rings (SSSR count). The number of methoxy groups -OCH3 is 1. The van der Waals surface area contributed by atoms with E-state index in [4.69, 9.17) is 4.74 Å². The van der Waals surface area contributed by atoms with Crippen molar-refractivity contribution in [3.63, 3.8) is 0 Å². The van der Waals surface area contributed by atoms with E-state index in [9.17, 15) is 9.59 Å². The second-order valence-corrected chi connectivity index (χ2v) is 6.05. The maximum Gasteiger partial charge on any atom is 0.364 e. The molecule has 0 radical (unpaired) electrons. The quantitative estimate of drug-likeness (QED) is 0.699. The van der Waals surface area contributed by atoms with Crippen LogP contribution in [0, 0.1) is 5.92 Å². The summed E-state index contributed by atoms with van der Waals surface area (Å²) in [6, 6.07) is 7.23. The summed E-state index contributed by atoms with van der Waals surface area (Å²) in [6.07, 6.45) is 5.11. The van der Waals surface area contributed by atoms with E-state index in [2.05, 4.69) is 23.9 Å². The predicted molar refractivity (Wildman–Crippen MR) is 96.6 cm³/mol. The van der Waals surface area contributed by atoms with Crippen LogP contribution < -0.4 is 10.4 Å². The Morgan fingerprint density at radius 2 is 1.80 bits per heavy atom. The van der Waals surface area contributed by atoms with Crippen molar-refractivity contribution in [1.82, 2.24) is 14.8 Å². The summed E-state index contributed by atoms with van der Waals surface area (Å²) in [7, 11) is 1.59. The number of benzene rings is 1. The van der Waals surface area contributed by atoms with Crippen LogP contribution in [0.15, 0.2) is 35.3 Å². The zero-order valence-corrected chi connectivity index (χ0v) is 15.1. The molecule has 2 aromatic rings. The molecule has 6 heteroatoms. The standard InChI is InChI=1S/C19H25N3O3/c1-4-6-15(7-5-2)18(23)13-22-19(24)21-17(12-20-22)14-8-10-16(25-3)11-9-14/h8-12,15H,4-7,13H2,1-3H3. The first-order valence-corrected chi connectivity index (χ1v) is 8.70. The first-order valence-electron chi connectivity index (χ1n) is 8.70. The van der Waals surface area contributed by atoms with Gasteiger partial charge in [-0.05, 0) is 37.1 Å². The minimum Gasteiger partial charge on any atom is -0.497 e. The molecule has 1 heterocycles. The van der Waals surface area contributed by atoms with Crippen molar-refractivity contribution >= 4 is 5.78 Å². The van der Waals surface area contributed by atoms with E-state index >= 15 is 0 Å². The third-order valence-corrected chi connectivity index (χ3v) is 4.18. The molecule has 0 aliphatic carbocycles. The van der Waals surface area contributed by atoms with Gasteiger partial charge >= 0.3 is 5.69 Å². The third-order valence-electron chi connectivity index (χ3n) is 4.18. The summed E-state index contributed by atoms with van der Waals surface area (Å²) in [5, 5.41) is 4.13. The Kier molecular flexibility index (Phi) is 6.86.